The number of primary amides is 1. The van der Waals surface area contributed by atoms with E-state index < -0.39 is 5.91 Å². The van der Waals surface area contributed by atoms with Crippen molar-refractivity contribution in [1.29, 1.82) is 0 Å². The van der Waals surface area contributed by atoms with Crippen LogP contribution in [0.25, 0.3) is 0 Å². The van der Waals surface area contributed by atoms with Crippen molar-refractivity contribution >= 4 is 23.1 Å². The summed E-state index contributed by atoms with van der Waals surface area (Å²) in [7, 11) is 1.63. The van der Waals surface area contributed by atoms with Gasteiger partial charge in [0.1, 0.15) is 5.82 Å². The number of hydrogen-bond donors (Lipinski definition) is 3. The van der Waals surface area contributed by atoms with Crippen LogP contribution in [0, 0.1) is 0 Å². The number of nitrogens with zero attached hydrogens (tertiary/aromatic N) is 1. The van der Waals surface area contributed by atoms with E-state index in [9.17, 15) is 4.79 Å². The number of nitrogens with two attached hydrogens (primary N) is 2. The second kappa shape index (κ2) is 6.03. The largest absolute Gasteiger partial charge is 0.397 e. The Kier molecular flexibility index (Phi) is 4.17. The molecule has 0 aliphatic rings. The Hall–Kier alpha value is -2.60. The van der Waals surface area contributed by atoms with Crippen LogP contribution in [0.1, 0.15) is 15.9 Å². The topological polar surface area (TPSA) is 103 Å². The van der Waals surface area contributed by atoms with Crippen LogP contribution < -0.4 is 16.8 Å². The molecule has 0 aliphatic heterocycles. The first kappa shape index (κ1) is 13.8. The van der Waals surface area contributed by atoms with Crippen molar-refractivity contribution in [2.45, 2.75) is 6.61 Å². The van der Waals surface area contributed by atoms with Gasteiger partial charge in [-0.15, -0.1) is 0 Å². The van der Waals surface area contributed by atoms with Gasteiger partial charge in [-0.3, -0.25) is 4.79 Å². The third-order valence-corrected chi connectivity index (χ3v) is 2.78. The minimum atomic E-state index is -0.585. The van der Waals surface area contributed by atoms with Gasteiger partial charge in [0.25, 0.3) is 5.91 Å². The molecule has 1 heterocycles. The number of ether oxygens (including phenoxy) is 1. The molecule has 0 unspecified atom stereocenters. The first-order valence-electron chi connectivity index (χ1n) is 6.01. The monoisotopic (exact) mass is 272 g/mol. The molecule has 6 heteroatoms. The van der Waals surface area contributed by atoms with Crippen LogP contribution in [0.4, 0.5) is 17.2 Å². The highest BCUT2D eigenvalue weighted by molar-refractivity contribution is 5.98. The number of pyridine rings is 1. The average molecular weight is 272 g/mol. The van der Waals surface area contributed by atoms with Gasteiger partial charge in [0, 0.05) is 18.4 Å². The van der Waals surface area contributed by atoms with Crippen molar-refractivity contribution in [3.8, 4) is 0 Å². The summed E-state index contributed by atoms with van der Waals surface area (Å²) < 4.78 is 5.13. The number of carbonyl (C=O) groups is 1. The van der Waals surface area contributed by atoms with Crippen LogP contribution in [-0.2, 0) is 11.3 Å². The van der Waals surface area contributed by atoms with Gasteiger partial charge in [-0.25, -0.2) is 4.98 Å². The van der Waals surface area contributed by atoms with E-state index in [2.05, 4.69) is 10.3 Å². The van der Waals surface area contributed by atoms with E-state index >= 15 is 0 Å². The number of nitrogens with one attached hydrogen (secondary N) is 1. The highest BCUT2D eigenvalue weighted by atomic mass is 16.5. The normalized spacial score (nSPS) is 10.2. The van der Waals surface area contributed by atoms with Crippen LogP contribution in [0.15, 0.2) is 36.5 Å². The lowest BCUT2D eigenvalue weighted by atomic mass is 10.1. The summed E-state index contributed by atoms with van der Waals surface area (Å²) in [6, 6.07) is 9.19. The molecule has 0 saturated carbocycles. The Labute approximate surface area is 116 Å². The molecular weight excluding hydrogens is 256 g/mol. The second-order valence-electron chi connectivity index (χ2n) is 4.24. The van der Waals surface area contributed by atoms with Crippen LogP contribution in [0.3, 0.4) is 0 Å². The lowest BCUT2D eigenvalue weighted by Crippen LogP contribution is -2.14. The Morgan fingerprint density at radius 2 is 2.15 bits per heavy atom. The maximum absolute atomic E-state index is 11.3. The molecule has 0 radical (unpaired) electrons. The summed E-state index contributed by atoms with van der Waals surface area (Å²) in [6.45, 7) is 0.473. The summed E-state index contributed by atoms with van der Waals surface area (Å²) in [4.78, 5) is 15.4. The molecule has 20 heavy (non-hydrogen) atoms. The molecule has 0 fully saturated rings. The Morgan fingerprint density at radius 3 is 2.85 bits per heavy atom. The highest BCUT2D eigenvalue weighted by Crippen LogP contribution is 2.22. The van der Waals surface area contributed by atoms with Gasteiger partial charge in [0.2, 0.25) is 0 Å². The van der Waals surface area contributed by atoms with E-state index in [0.717, 1.165) is 11.3 Å². The van der Waals surface area contributed by atoms with Crippen LogP contribution in [0.5, 0.6) is 0 Å². The first-order chi connectivity index (χ1) is 9.61. The minimum Gasteiger partial charge on any atom is -0.397 e. The van der Waals surface area contributed by atoms with E-state index in [1.54, 1.807) is 7.11 Å². The maximum atomic E-state index is 11.3. The molecule has 0 aliphatic carbocycles. The quantitative estimate of drug-likeness (QED) is 0.768. The van der Waals surface area contributed by atoms with Gasteiger partial charge >= 0.3 is 0 Å². The molecule has 6 nitrogen and oxygen atoms in total. The predicted molar refractivity (Wildman–Crippen MR) is 77.6 cm³/mol. The summed E-state index contributed by atoms with van der Waals surface area (Å²) in [5.41, 5.74) is 13.2. The molecule has 1 aromatic carbocycles. The van der Waals surface area contributed by atoms with Gasteiger partial charge in [0.15, 0.2) is 0 Å². The zero-order valence-corrected chi connectivity index (χ0v) is 11.1. The number of amides is 1. The highest BCUT2D eigenvalue weighted by Gasteiger charge is 2.09. The minimum absolute atomic E-state index is 0.242. The fourth-order valence-electron chi connectivity index (χ4n) is 1.81. The van der Waals surface area contributed by atoms with E-state index in [-0.39, 0.29) is 11.3 Å². The number of anilines is 3. The van der Waals surface area contributed by atoms with Crippen LogP contribution in [0.2, 0.25) is 0 Å². The molecule has 0 bridgehead atoms. The van der Waals surface area contributed by atoms with Gasteiger partial charge in [0.05, 0.1) is 24.1 Å². The predicted octanol–water partition coefficient (Wildman–Crippen LogP) is 1.65. The number of methoxy groups -OCH3 is 1. The molecule has 1 amide bonds. The zero-order chi connectivity index (χ0) is 14.5. The second-order valence-corrected chi connectivity index (χ2v) is 4.24. The summed E-state index contributed by atoms with van der Waals surface area (Å²) in [5.74, 6) is -0.0883. The van der Waals surface area contributed by atoms with Crippen molar-refractivity contribution in [2.75, 3.05) is 18.2 Å². The van der Waals surface area contributed by atoms with Gasteiger partial charge in [-0.2, -0.15) is 0 Å². The average Bonchev–Trinajstić information content (AvgIpc) is 2.43. The van der Waals surface area contributed by atoms with Crippen molar-refractivity contribution in [2.24, 2.45) is 5.73 Å². The van der Waals surface area contributed by atoms with E-state index in [0.29, 0.717) is 12.4 Å². The number of rotatable bonds is 5. The van der Waals surface area contributed by atoms with Gasteiger partial charge in [-0.1, -0.05) is 18.2 Å². The maximum Gasteiger partial charge on any atom is 0.250 e. The molecule has 104 valence electrons. The molecule has 5 N–H and O–H groups in total. The number of nitrogen functional groups attached to an aromatic ring is 1. The molecule has 0 atom stereocenters. The Balaban J connectivity index is 2.31. The van der Waals surface area contributed by atoms with Crippen LogP contribution in [-0.4, -0.2) is 18.0 Å². The zero-order valence-electron chi connectivity index (χ0n) is 11.1. The molecular formula is C14H16N4O2. The molecule has 2 rings (SSSR count). The number of para-hydroxylation sites is 1. The third kappa shape index (κ3) is 3.04. The third-order valence-electron chi connectivity index (χ3n) is 2.78. The standard InChI is InChI=1S/C14H16N4O2/c1-20-8-9-4-2-3-5-12(9)18-13-6-10(14(16)19)11(15)7-17-13/h2-7H,8,15H2,1H3,(H2,16,19)(H,17,18). The van der Waals surface area contributed by atoms with Crippen LogP contribution >= 0.6 is 0 Å². The molecule has 2 aromatic rings. The summed E-state index contributed by atoms with van der Waals surface area (Å²) in [6.07, 6.45) is 1.40. The summed E-state index contributed by atoms with van der Waals surface area (Å²) in [5, 5.41) is 3.13. The van der Waals surface area contributed by atoms with Crippen molar-refractivity contribution in [3.63, 3.8) is 0 Å². The molecule has 1 aromatic heterocycles. The number of aromatic nitrogens is 1. The Bertz CT molecular complexity index is 628. The van der Waals surface area contributed by atoms with Crippen molar-refractivity contribution in [3.05, 3.63) is 47.7 Å². The Morgan fingerprint density at radius 1 is 1.40 bits per heavy atom. The lowest BCUT2D eigenvalue weighted by molar-refractivity contribution is 0.100. The fourth-order valence-corrected chi connectivity index (χ4v) is 1.81. The number of benzene rings is 1. The smallest absolute Gasteiger partial charge is 0.250 e. The van der Waals surface area contributed by atoms with E-state index in [4.69, 9.17) is 16.2 Å². The molecule has 0 spiro atoms. The summed E-state index contributed by atoms with van der Waals surface area (Å²) >= 11 is 0. The fraction of sp³-hybridized carbons (Fsp3) is 0.143. The van der Waals surface area contributed by atoms with E-state index in [1.165, 1.54) is 12.3 Å². The van der Waals surface area contributed by atoms with Gasteiger partial charge < -0.3 is 21.5 Å². The van der Waals surface area contributed by atoms with Crippen molar-refractivity contribution < 1.29 is 9.53 Å². The lowest BCUT2D eigenvalue weighted by Gasteiger charge is -2.12. The number of hydrogen-bond acceptors (Lipinski definition) is 5. The van der Waals surface area contributed by atoms with E-state index in [1.807, 2.05) is 24.3 Å². The first-order valence-corrected chi connectivity index (χ1v) is 6.01. The van der Waals surface area contributed by atoms with Crippen molar-refractivity contribution in [1.82, 2.24) is 4.98 Å². The number of carbonyl (C=O) groups excluding carboxylic acids is 1. The molecule has 0 saturated heterocycles. The SMILES string of the molecule is COCc1ccccc1Nc1cc(C(N)=O)c(N)cn1. The van der Waals surface area contributed by atoms with Gasteiger partial charge in [-0.05, 0) is 12.1 Å².